The second-order valence-electron chi connectivity index (χ2n) is 6.77. The summed E-state index contributed by atoms with van der Waals surface area (Å²) in [7, 11) is 0. The monoisotopic (exact) mass is 346 g/mol. The van der Waals surface area contributed by atoms with Crippen molar-refractivity contribution in [1.82, 2.24) is 4.98 Å². The van der Waals surface area contributed by atoms with Crippen molar-refractivity contribution in [1.29, 1.82) is 0 Å². The molecule has 4 nitrogen and oxygen atoms in total. The number of anilines is 1. The molecule has 1 unspecified atom stereocenters. The normalized spacial score (nSPS) is 19.7. The average molecular weight is 347 g/mol. The van der Waals surface area contributed by atoms with Crippen molar-refractivity contribution >= 4 is 17.3 Å². The molecule has 2 aromatic rings. The molecule has 0 fully saturated rings. The Morgan fingerprint density at radius 1 is 1.29 bits per heavy atom. The predicted octanol–water partition coefficient (Wildman–Crippen LogP) is 3.76. The summed E-state index contributed by atoms with van der Waals surface area (Å²) in [6.07, 6.45) is 11.3. The molecule has 3 heterocycles. The number of aryl methyl sites for hydroxylation is 1. The summed E-state index contributed by atoms with van der Waals surface area (Å²) in [5, 5.41) is 13.6. The predicted molar refractivity (Wildman–Crippen MR) is 98.1 cm³/mol. The molecule has 1 N–H and O–H groups in total. The third kappa shape index (κ3) is 3.47. The number of nitrogens with zero attached hydrogens (tertiary/aromatic N) is 3. The summed E-state index contributed by atoms with van der Waals surface area (Å²) in [6, 6.07) is 4.03. The third-order valence-electron chi connectivity index (χ3n) is 4.74. The Kier molecular flexibility index (Phi) is 5.51. The zero-order chi connectivity index (χ0) is 17.0. The minimum atomic E-state index is -0.969. The van der Waals surface area contributed by atoms with Gasteiger partial charge in [-0.2, -0.15) is 0 Å². The Morgan fingerprint density at radius 3 is 2.83 bits per heavy atom. The van der Waals surface area contributed by atoms with Crippen LogP contribution >= 0.6 is 11.3 Å². The lowest BCUT2D eigenvalue weighted by Crippen LogP contribution is -2.45. The Bertz CT molecular complexity index is 672. The minimum Gasteiger partial charge on any atom is -0.352 e. The number of aromatic nitrogens is 2. The fourth-order valence-corrected chi connectivity index (χ4v) is 4.42. The van der Waals surface area contributed by atoms with Gasteiger partial charge in [-0.15, -0.1) is 11.3 Å². The molecule has 0 bridgehead atoms. The van der Waals surface area contributed by atoms with Gasteiger partial charge in [-0.1, -0.05) is 44.0 Å². The summed E-state index contributed by atoms with van der Waals surface area (Å²) in [4.78, 5) is 7.64. The fraction of sp³-hybridized carbons (Fsp3) is 0.579. The van der Waals surface area contributed by atoms with Gasteiger partial charge in [0.25, 0.3) is 5.72 Å². The number of hydrogen-bond acceptors (Lipinski definition) is 4. The highest BCUT2D eigenvalue weighted by Gasteiger charge is 2.51. The van der Waals surface area contributed by atoms with Gasteiger partial charge >= 0.3 is 5.95 Å². The minimum absolute atomic E-state index is 0.548. The first-order valence-corrected chi connectivity index (χ1v) is 9.93. The second kappa shape index (κ2) is 7.62. The van der Waals surface area contributed by atoms with Crippen molar-refractivity contribution in [3.05, 3.63) is 40.3 Å². The van der Waals surface area contributed by atoms with Gasteiger partial charge in [0.1, 0.15) is 12.7 Å². The number of thiophene rings is 1. The van der Waals surface area contributed by atoms with Crippen LogP contribution in [0.25, 0.3) is 0 Å². The lowest BCUT2D eigenvalue weighted by atomic mass is 10.1. The van der Waals surface area contributed by atoms with E-state index in [2.05, 4.69) is 39.7 Å². The van der Waals surface area contributed by atoms with E-state index in [1.54, 1.807) is 11.3 Å². The van der Waals surface area contributed by atoms with Gasteiger partial charge in [-0.25, -0.2) is 9.47 Å². The Morgan fingerprint density at radius 2 is 2.08 bits per heavy atom. The lowest BCUT2D eigenvalue weighted by Gasteiger charge is -2.27. The van der Waals surface area contributed by atoms with Crippen LogP contribution in [0.4, 0.5) is 5.95 Å². The lowest BCUT2D eigenvalue weighted by molar-refractivity contribution is -0.685. The molecule has 3 rings (SSSR count). The summed E-state index contributed by atoms with van der Waals surface area (Å²) in [6.45, 7) is 5.71. The average Bonchev–Trinajstić information content (AvgIpc) is 3.13. The number of aliphatic hydroxyl groups is 1. The highest BCUT2D eigenvalue weighted by Crippen LogP contribution is 2.37. The van der Waals surface area contributed by atoms with E-state index < -0.39 is 5.72 Å². The quantitative estimate of drug-likeness (QED) is 0.584. The molecule has 1 aliphatic heterocycles. The first-order valence-electron chi connectivity index (χ1n) is 9.05. The molecule has 0 saturated carbocycles. The van der Waals surface area contributed by atoms with Gasteiger partial charge in [0.05, 0.1) is 17.6 Å². The third-order valence-corrected chi connectivity index (χ3v) is 5.93. The molecule has 0 saturated heterocycles. The molecule has 1 aliphatic rings. The first kappa shape index (κ1) is 17.4. The molecule has 5 heteroatoms. The van der Waals surface area contributed by atoms with Crippen LogP contribution in [0.1, 0.15) is 55.9 Å². The Hall–Kier alpha value is -1.46. The maximum absolute atomic E-state index is 11.5. The number of hydrogen-bond donors (Lipinski definition) is 1. The molecule has 2 aromatic heterocycles. The van der Waals surface area contributed by atoms with E-state index in [4.69, 9.17) is 0 Å². The zero-order valence-corrected chi connectivity index (χ0v) is 15.6. The van der Waals surface area contributed by atoms with Crippen LogP contribution < -0.4 is 9.47 Å². The summed E-state index contributed by atoms with van der Waals surface area (Å²) in [5.41, 5.74) is 0.237. The summed E-state index contributed by atoms with van der Waals surface area (Å²) < 4.78 is 2.06. The van der Waals surface area contributed by atoms with E-state index in [1.807, 2.05) is 18.5 Å². The van der Waals surface area contributed by atoms with Crippen LogP contribution in [-0.2, 0) is 12.3 Å². The van der Waals surface area contributed by atoms with Crippen molar-refractivity contribution in [3.8, 4) is 0 Å². The van der Waals surface area contributed by atoms with Crippen molar-refractivity contribution in [3.63, 3.8) is 0 Å². The van der Waals surface area contributed by atoms with Crippen LogP contribution in [0.5, 0.6) is 0 Å². The maximum atomic E-state index is 11.5. The smallest absolute Gasteiger partial charge is 0.352 e. The maximum Gasteiger partial charge on any atom is 0.396 e. The van der Waals surface area contributed by atoms with Crippen LogP contribution in [0.15, 0.2) is 29.9 Å². The van der Waals surface area contributed by atoms with Gasteiger partial charge in [-0.3, -0.25) is 0 Å². The van der Waals surface area contributed by atoms with E-state index in [-0.39, 0.29) is 0 Å². The number of fused-ring (bicyclic) bond motifs is 1. The van der Waals surface area contributed by atoms with E-state index in [0.717, 1.165) is 23.8 Å². The van der Waals surface area contributed by atoms with E-state index in [9.17, 15) is 5.11 Å². The van der Waals surface area contributed by atoms with E-state index in [1.165, 1.54) is 37.7 Å². The topological polar surface area (TPSA) is 40.2 Å². The molecule has 130 valence electrons. The van der Waals surface area contributed by atoms with Crippen molar-refractivity contribution < 1.29 is 9.67 Å². The van der Waals surface area contributed by atoms with Gasteiger partial charge in [0.2, 0.25) is 0 Å². The molecular weight excluding hydrogens is 318 g/mol. The second-order valence-corrected chi connectivity index (χ2v) is 7.68. The molecule has 0 amide bonds. The SMILES string of the molecule is CCCCCCCCN1c2nccc[n+]2CC1(O)c1cc(C)cs1. The fourth-order valence-electron chi connectivity index (χ4n) is 3.42. The van der Waals surface area contributed by atoms with E-state index >= 15 is 0 Å². The molecule has 0 aromatic carbocycles. The van der Waals surface area contributed by atoms with Gasteiger partial charge in [0, 0.05) is 6.07 Å². The molecule has 0 spiro atoms. The number of unbranched alkanes of at least 4 members (excludes halogenated alkanes) is 5. The standard InChI is InChI=1S/C19H28N3OS/c1-3-4-5-6-7-8-12-22-18-20-10-9-11-21(18)15-19(22,23)17-13-16(2)14-24-17/h9-11,13-14,23H,3-8,12,15H2,1-2H3/q+1. The molecule has 1 atom stereocenters. The summed E-state index contributed by atoms with van der Waals surface area (Å²) in [5.74, 6) is 0.875. The first-order chi connectivity index (χ1) is 11.6. The molecule has 0 aliphatic carbocycles. The highest BCUT2D eigenvalue weighted by atomic mass is 32.1. The molecule has 24 heavy (non-hydrogen) atoms. The van der Waals surface area contributed by atoms with Crippen LogP contribution in [-0.4, -0.2) is 16.6 Å². The zero-order valence-electron chi connectivity index (χ0n) is 14.7. The van der Waals surface area contributed by atoms with Gasteiger partial charge < -0.3 is 5.11 Å². The van der Waals surface area contributed by atoms with Crippen molar-refractivity contribution in [2.24, 2.45) is 0 Å². The van der Waals surface area contributed by atoms with E-state index in [0.29, 0.717) is 6.54 Å². The van der Waals surface area contributed by atoms with Gasteiger partial charge in [0.15, 0.2) is 0 Å². The van der Waals surface area contributed by atoms with Crippen molar-refractivity contribution in [2.75, 3.05) is 11.4 Å². The van der Waals surface area contributed by atoms with Crippen LogP contribution in [0.3, 0.4) is 0 Å². The molecular formula is C19H28N3OS+. The number of rotatable bonds is 8. The molecule has 0 radical (unpaired) electrons. The Labute approximate surface area is 148 Å². The summed E-state index contributed by atoms with van der Waals surface area (Å²) >= 11 is 1.64. The Balaban J connectivity index is 1.74. The van der Waals surface area contributed by atoms with Gasteiger partial charge in [-0.05, 0) is 30.4 Å². The van der Waals surface area contributed by atoms with Crippen LogP contribution in [0.2, 0.25) is 0 Å². The largest absolute Gasteiger partial charge is 0.396 e. The van der Waals surface area contributed by atoms with Crippen molar-refractivity contribution in [2.45, 2.75) is 64.6 Å². The highest BCUT2D eigenvalue weighted by molar-refractivity contribution is 7.10. The van der Waals surface area contributed by atoms with Crippen LogP contribution in [0, 0.1) is 6.92 Å².